The Morgan fingerprint density at radius 2 is 2.27 bits per heavy atom. The first kappa shape index (κ1) is 12.4. The molecule has 0 fully saturated rings. The van der Waals surface area contributed by atoms with Gasteiger partial charge in [0.25, 0.3) is 5.69 Å². The first-order chi connectivity index (χ1) is 7.04. The molecule has 4 nitrogen and oxygen atoms in total. The molecule has 1 rings (SSSR count). The van der Waals surface area contributed by atoms with Gasteiger partial charge in [0.05, 0.1) is 4.92 Å². The lowest BCUT2D eigenvalue weighted by Gasteiger charge is -2.08. The minimum atomic E-state index is -0.373. The second-order valence-corrected chi connectivity index (χ2v) is 4.77. The van der Waals surface area contributed by atoms with E-state index in [4.69, 9.17) is 5.11 Å². The van der Waals surface area contributed by atoms with Crippen LogP contribution >= 0.6 is 22.6 Å². The predicted molar refractivity (Wildman–Crippen MR) is 65.8 cm³/mol. The Balaban J connectivity index is 3.01. The third kappa shape index (κ3) is 3.42. The van der Waals surface area contributed by atoms with Crippen LogP contribution in [0.5, 0.6) is 0 Å². The monoisotopic (exact) mass is 321 g/mol. The van der Waals surface area contributed by atoms with Crippen molar-refractivity contribution in [1.29, 1.82) is 0 Å². The molecule has 0 unspecified atom stereocenters. The molecule has 1 N–H and O–H groups in total. The van der Waals surface area contributed by atoms with Crippen molar-refractivity contribution in [1.82, 2.24) is 0 Å². The number of nitro benzene ring substituents is 1. The van der Waals surface area contributed by atoms with E-state index >= 15 is 0 Å². The molecule has 0 aliphatic carbocycles. The predicted octanol–water partition coefficient (Wildman–Crippen LogP) is 2.37. The molecule has 0 heterocycles. The molecule has 1 aromatic carbocycles. The molecule has 5 heteroatoms. The third-order valence-corrected chi connectivity index (χ3v) is 2.80. The highest BCUT2D eigenvalue weighted by Crippen LogP contribution is 2.23. The van der Waals surface area contributed by atoms with Gasteiger partial charge >= 0.3 is 0 Å². The second kappa shape index (κ2) is 5.41. The molecular formula is C10H12INO3. The molecule has 0 bridgehead atoms. The van der Waals surface area contributed by atoms with E-state index in [1.165, 1.54) is 0 Å². The topological polar surface area (TPSA) is 63.4 Å². The van der Waals surface area contributed by atoms with Crippen LogP contribution in [0.15, 0.2) is 18.2 Å². The summed E-state index contributed by atoms with van der Waals surface area (Å²) in [5, 5.41) is 19.7. The van der Waals surface area contributed by atoms with Crippen LogP contribution in [0.2, 0.25) is 0 Å². The van der Waals surface area contributed by atoms with E-state index in [2.05, 4.69) is 0 Å². The molecule has 0 aliphatic heterocycles. The smallest absolute Gasteiger partial charge is 0.273 e. The van der Waals surface area contributed by atoms with Crippen molar-refractivity contribution in [3.63, 3.8) is 0 Å². The van der Waals surface area contributed by atoms with Crippen molar-refractivity contribution >= 4 is 28.3 Å². The molecular weight excluding hydrogens is 309 g/mol. The zero-order valence-corrected chi connectivity index (χ0v) is 10.5. The summed E-state index contributed by atoms with van der Waals surface area (Å²) < 4.78 is 0.847. The van der Waals surface area contributed by atoms with Crippen LogP contribution in [-0.4, -0.2) is 16.6 Å². The van der Waals surface area contributed by atoms with E-state index < -0.39 is 0 Å². The Kier molecular flexibility index (Phi) is 4.46. The maximum atomic E-state index is 10.8. The van der Waals surface area contributed by atoms with Gasteiger partial charge < -0.3 is 5.11 Å². The lowest BCUT2D eigenvalue weighted by atomic mass is 10.0. The summed E-state index contributed by atoms with van der Waals surface area (Å²) in [4.78, 5) is 10.4. The van der Waals surface area contributed by atoms with Crippen LogP contribution in [0.1, 0.15) is 12.5 Å². The molecule has 1 atom stereocenters. The molecule has 0 saturated carbocycles. The Hall–Kier alpha value is -0.690. The number of hydrogen-bond donors (Lipinski definition) is 1. The van der Waals surface area contributed by atoms with Crippen molar-refractivity contribution in [2.75, 3.05) is 6.61 Å². The summed E-state index contributed by atoms with van der Waals surface area (Å²) in [7, 11) is 0. The largest absolute Gasteiger partial charge is 0.396 e. The standard InChI is InChI=1S/C10H12INO3/c1-7(6-13)4-8-2-3-9(11)5-10(8)12(14)15/h2-3,5,7,13H,4,6H2,1H3/t7-/m1/s1. The first-order valence-corrected chi connectivity index (χ1v) is 5.66. The Bertz CT molecular complexity index is 368. The van der Waals surface area contributed by atoms with Gasteiger partial charge in [-0.15, -0.1) is 0 Å². The summed E-state index contributed by atoms with van der Waals surface area (Å²) in [6, 6.07) is 5.15. The molecule has 0 saturated heterocycles. The van der Waals surface area contributed by atoms with Gasteiger partial charge in [-0.05, 0) is 41.0 Å². The summed E-state index contributed by atoms with van der Waals surface area (Å²) >= 11 is 2.04. The van der Waals surface area contributed by atoms with Gasteiger partial charge in [-0.2, -0.15) is 0 Å². The van der Waals surface area contributed by atoms with Crippen LogP contribution in [0, 0.1) is 19.6 Å². The van der Waals surface area contributed by atoms with E-state index in [-0.39, 0.29) is 23.1 Å². The van der Waals surface area contributed by atoms with Crippen molar-refractivity contribution < 1.29 is 10.0 Å². The molecule has 0 aliphatic rings. The van der Waals surface area contributed by atoms with E-state index in [0.29, 0.717) is 12.0 Å². The lowest BCUT2D eigenvalue weighted by Crippen LogP contribution is -2.06. The number of benzene rings is 1. The van der Waals surface area contributed by atoms with Crippen LogP contribution in [0.4, 0.5) is 5.69 Å². The highest BCUT2D eigenvalue weighted by atomic mass is 127. The quantitative estimate of drug-likeness (QED) is 0.526. The maximum Gasteiger partial charge on any atom is 0.273 e. The fourth-order valence-corrected chi connectivity index (χ4v) is 1.79. The van der Waals surface area contributed by atoms with Crippen LogP contribution in [0.25, 0.3) is 0 Å². The van der Waals surface area contributed by atoms with E-state index in [0.717, 1.165) is 3.57 Å². The first-order valence-electron chi connectivity index (χ1n) is 4.58. The Morgan fingerprint density at radius 3 is 2.80 bits per heavy atom. The summed E-state index contributed by atoms with van der Waals surface area (Å²) in [5.41, 5.74) is 0.823. The van der Waals surface area contributed by atoms with Gasteiger partial charge in [0.15, 0.2) is 0 Å². The summed E-state index contributed by atoms with van der Waals surface area (Å²) in [6.07, 6.45) is 0.531. The van der Waals surface area contributed by atoms with Gasteiger partial charge in [-0.25, -0.2) is 0 Å². The molecule has 0 spiro atoms. The van der Waals surface area contributed by atoms with Gasteiger partial charge in [0.2, 0.25) is 0 Å². The molecule has 0 aromatic heterocycles. The highest BCUT2D eigenvalue weighted by Gasteiger charge is 2.15. The zero-order valence-electron chi connectivity index (χ0n) is 8.31. The third-order valence-electron chi connectivity index (χ3n) is 2.12. The number of rotatable bonds is 4. The molecule has 0 radical (unpaired) electrons. The minimum absolute atomic E-state index is 0.0448. The fourth-order valence-electron chi connectivity index (χ4n) is 1.32. The number of nitrogens with zero attached hydrogens (tertiary/aromatic N) is 1. The average Bonchev–Trinajstić information content (AvgIpc) is 2.20. The lowest BCUT2D eigenvalue weighted by molar-refractivity contribution is -0.385. The number of hydrogen-bond acceptors (Lipinski definition) is 3. The second-order valence-electron chi connectivity index (χ2n) is 3.52. The Labute approximate surface area is 102 Å². The number of halogens is 1. The fraction of sp³-hybridized carbons (Fsp3) is 0.400. The van der Waals surface area contributed by atoms with Crippen LogP contribution in [0.3, 0.4) is 0 Å². The van der Waals surface area contributed by atoms with Gasteiger partial charge in [0.1, 0.15) is 0 Å². The number of nitro groups is 1. The summed E-state index contributed by atoms with van der Waals surface area (Å²) in [5.74, 6) is 0.0451. The van der Waals surface area contributed by atoms with E-state index in [1.54, 1.807) is 12.1 Å². The van der Waals surface area contributed by atoms with Gasteiger partial charge in [-0.1, -0.05) is 13.0 Å². The highest BCUT2D eigenvalue weighted by molar-refractivity contribution is 14.1. The molecule has 15 heavy (non-hydrogen) atoms. The zero-order chi connectivity index (χ0) is 11.4. The van der Waals surface area contributed by atoms with Crippen molar-refractivity contribution in [3.05, 3.63) is 37.4 Å². The number of aliphatic hydroxyl groups excluding tert-OH is 1. The summed E-state index contributed by atoms with van der Waals surface area (Å²) in [6.45, 7) is 1.91. The SMILES string of the molecule is C[C@@H](CO)Cc1ccc(I)cc1[N+](=O)[O-]. The maximum absolute atomic E-state index is 10.8. The van der Waals surface area contributed by atoms with Crippen LogP contribution < -0.4 is 0 Å². The van der Waals surface area contributed by atoms with Gasteiger partial charge in [-0.3, -0.25) is 10.1 Å². The Morgan fingerprint density at radius 1 is 1.60 bits per heavy atom. The average molecular weight is 321 g/mol. The molecule has 1 aromatic rings. The van der Waals surface area contributed by atoms with E-state index in [1.807, 2.05) is 35.6 Å². The molecule has 82 valence electrons. The minimum Gasteiger partial charge on any atom is -0.396 e. The van der Waals surface area contributed by atoms with Crippen molar-refractivity contribution in [3.8, 4) is 0 Å². The van der Waals surface area contributed by atoms with E-state index in [9.17, 15) is 10.1 Å². The van der Waals surface area contributed by atoms with Crippen LogP contribution in [-0.2, 0) is 6.42 Å². The van der Waals surface area contributed by atoms with Crippen molar-refractivity contribution in [2.45, 2.75) is 13.3 Å². The normalized spacial score (nSPS) is 12.5. The number of aliphatic hydroxyl groups is 1. The van der Waals surface area contributed by atoms with Gasteiger partial charge in [0, 0.05) is 21.8 Å². The molecule has 0 amide bonds. The van der Waals surface area contributed by atoms with Crippen molar-refractivity contribution in [2.24, 2.45) is 5.92 Å².